The zero-order chi connectivity index (χ0) is 14.9. The highest BCUT2D eigenvalue weighted by atomic mass is 32.2. The van der Waals surface area contributed by atoms with Crippen LogP contribution in [0.4, 0.5) is 5.69 Å². The summed E-state index contributed by atoms with van der Waals surface area (Å²) in [5.41, 5.74) is 3.04. The van der Waals surface area contributed by atoms with Crippen LogP contribution >= 0.6 is 0 Å². The Bertz CT molecular complexity index is 882. The average Bonchev–Trinajstić information content (AvgIpc) is 2.88. The molecule has 0 saturated heterocycles. The molecule has 3 rings (SSSR count). The molecule has 2 N–H and O–H groups in total. The molecule has 1 heterocycles. The number of rotatable bonds is 4. The van der Waals surface area contributed by atoms with Gasteiger partial charge in [-0.2, -0.15) is 0 Å². The third kappa shape index (κ3) is 2.92. The minimum Gasteiger partial charge on any atom is -0.381 e. The molecule has 0 aliphatic rings. The van der Waals surface area contributed by atoms with E-state index in [9.17, 15) is 8.42 Å². The number of H-pyrrole nitrogens is 1. The third-order valence-electron chi connectivity index (χ3n) is 3.42. The highest BCUT2D eigenvalue weighted by molar-refractivity contribution is 7.90. The number of benzene rings is 2. The van der Waals surface area contributed by atoms with Crippen molar-refractivity contribution in [2.24, 2.45) is 0 Å². The van der Waals surface area contributed by atoms with E-state index in [1.807, 2.05) is 30.5 Å². The summed E-state index contributed by atoms with van der Waals surface area (Å²) in [5, 5.41) is 4.44. The van der Waals surface area contributed by atoms with Crippen molar-refractivity contribution in [3.8, 4) is 0 Å². The van der Waals surface area contributed by atoms with Crippen LogP contribution in [0, 0.1) is 0 Å². The van der Waals surface area contributed by atoms with Crippen LogP contribution in [-0.2, 0) is 16.4 Å². The quantitative estimate of drug-likeness (QED) is 0.778. The van der Waals surface area contributed by atoms with E-state index < -0.39 is 9.84 Å². The zero-order valence-corrected chi connectivity index (χ0v) is 12.4. The Morgan fingerprint density at radius 2 is 1.90 bits per heavy atom. The van der Waals surface area contributed by atoms with Crippen molar-refractivity contribution in [1.82, 2.24) is 4.98 Å². The van der Waals surface area contributed by atoms with Crippen molar-refractivity contribution in [3.63, 3.8) is 0 Å². The predicted molar refractivity (Wildman–Crippen MR) is 85.2 cm³/mol. The number of anilines is 1. The SMILES string of the molecule is CS(=O)(=O)c1cccc(NCc2c[nH]c3ccccc23)c1. The highest BCUT2D eigenvalue weighted by Gasteiger charge is 2.07. The maximum absolute atomic E-state index is 11.6. The molecule has 0 aliphatic carbocycles. The van der Waals surface area contributed by atoms with Gasteiger partial charge in [0.05, 0.1) is 4.90 Å². The molecule has 0 saturated carbocycles. The lowest BCUT2D eigenvalue weighted by Crippen LogP contribution is -2.01. The Labute approximate surface area is 123 Å². The lowest BCUT2D eigenvalue weighted by atomic mass is 10.2. The molecular formula is C16H16N2O2S. The van der Waals surface area contributed by atoms with Gasteiger partial charge in [0.2, 0.25) is 0 Å². The molecule has 3 aromatic rings. The summed E-state index contributed by atoms with van der Waals surface area (Å²) in [5.74, 6) is 0. The van der Waals surface area contributed by atoms with Crippen LogP contribution in [0.2, 0.25) is 0 Å². The third-order valence-corrected chi connectivity index (χ3v) is 4.53. The Morgan fingerprint density at radius 3 is 2.71 bits per heavy atom. The average molecular weight is 300 g/mol. The van der Waals surface area contributed by atoms with Gasteiger partial charge in [0.15, 0.2) is 9.84 Å². The summed E-state index contributed by atoms with van der Waals surface area (Å²) in [6.07, 6.45) is 3.18. The zero-order valence-electron chi connectivity index (χ0n) is 11.6. The summed E-state index contributed by atoms with van der Waals surface area (Å²) in [4.78, 5) is 3.55. The van der Waals surface area contributed by atoms with E-state index in [2.05, 4.69) is 16.4 Å². The molecule has 0 fully saturated rings. The first-order chi connectivity index (χ1) is 10.0. The molecule has 0 radical (unpaired) electrons. The molecule has 5 heteroatoms. The number of aromatic nitrogens is 1. The topological polar surface area (TPSA) is 62.0 Å². The normalized spacial score (nSPS) is 11.7. The second kappa shape index (κ2) is 5.26. The fourth-order valence-electron chi connectivity index (χ4n) is 2.31. The van der Waals surface area contributed by atoms with Gasteiger partial charge in [-0.15, -0.1) is 0 Å². The van der Waals surface area contributed by atoms with Crippen molar-refractivity contribution in [2.75, 3.05) is 11.6 Å². The smallest absolute Gasteiger partial charge is 0.175 e. The van der Waals surface area contributed by atoms with E-state index in [4.69, 9.17) is 0 Å². The molecule has 0 amide bonds. The largest absolute Gasteiger partial charge is 0.381 e. The first kappa shape index (κ1) is 13.7. The summed E-state index contributed by atoms with van der Waals surface area (Å²) >= 11 is 0. The van der Waals surface area contributed by atoms with Crippen molar-refractivity contribution < 1.29 is 8.42 Å². The van der Waals surface area contributed by atoms with E-state index in [-0.39, 0.29) is 0 Å². The van der Waals surface area contributed by atoms with Crippen LogP contribution in [0.3, 0.4) is 0 Å². The maximum Gasteiger partial charge on any atom is 0.175 e. The van der Waals surface area contributed by atoms with Gasteiger partial charge in [0, 0.05) is 35.6 Å². The first-order valence-electron chi connectivity index (χ1n) is 6.63. The molecule has 0 aliphatic heterocycles. The van der Waals surface area contributed by atoms with Gasteiger partial charge in [0.1, 0.15) is 0 Å². The van der Waals surface area contributed by atoms with E-state index in [1.54, 1.807) is 18.2 Å². The molecule has 2 aromatic carbocycles. The van der Waals surface area contributed by atoms with Crippen molar-refractivity contribution in [1.29, 1.82) is 0 Å². The number of sulfone groups is 1. The Morgan fingerprint density at radius 1 is 1.10 bits per heavy atom. The molecule has 0 atom stereocenters. The van der Waals surface area contributed by atoms with Crippen LogP contribution in [0.25, 0.3) is 10.9 Å². The van der Waals surface area contributed by atoms with Gasteiger partial charge < -0.3 is 10.3 Å². The summed E-state index contributed by atoms with van der Waals surface area (Å²) in [6, 6.07) is 15.0. The minimum absolute atomic E-state index is 0.325. The Kier molecular flexibility index (Phi) is 3.43. The molecule has 108 valence electrons. The summed E-state index contributed by atoms with van der Waals surface area (Å²) in [6.45, 7) is 0.636. The standard InChI is InChI=1S/C16H16N2O2S/c1-21(19,20)14-6-4-5-13(9-14)17-10-12-11-18-16-8-3-2-7-15(12)16/h2-9,11,17-18H,10H2,1H3. The number of aromatic amines is 1. The molecule has 1 aromatic heterocycles. The Balaban J connectivity index is 1.82. The van der Waals surface area contributed by atoms with Crippen LogP contribution in [0.1, 0.15) is 5.56 Å². The van der Waals surface area contributed by atoms with Gasteiger partial charge in [0.25, 0.3) is 0 Å². The van der Waals surface area contributed by atoms with Gasteiger partial charge in [-0.05, 0) is 29.8 Å². The van der Waals surface area contributed by atoms with Crippen LogP contribution in [0.5, 0.6) is 0 Å². The van der Waals surface area contributed by atoms with Crippen LogP contribution < -0.4 is 5.32 Å². The first-order valence-corrected chi connectivity index (χ1v) is 8.52. The molecule has 0 spiro atoms. The number of para-hydroxylation sites is 1. The van der Waals surface area contributed by atoms with Gasteiger partial charge >= 0.3 is 0 Å². The lowest BCUT2D eigenvalue weighted by Gasteiger charge is -2.07. The fourth-order valence-corrected chi connectivity index (χ4v) is 2.98. The second-order valence-electron chi connectivity index (χ2n) is 5.01. The number of hydrogen-bond donors (Lipinski definition) is 2. The molecule has 0 bridgehead atoms. The van der Waals surface area contributed by atoms with E-state index in [0.717, 1.165) is 16.8 Å². The van der Waals surface area contributed by atoms with Crippen LogP contribution in [-0.4, -0.2) is 19.7 Å². The van der Waals surface area contributed by atoms with Gasteiger partial charge in [-0.3, -0.25) is 0 Å². The van der Waals surface area contributed by atoms with Gasteiger partial charge in [-0.25, -0.2) is 8.42 Å². The summed E-state index contributed by atoms with van der Waals surface area (Å²) in [7, 11) is -3.18. The molecule has 0 unspecified atom stereocenters. The van der Waals surface area contributed by atoms with E-state index in [1.165, 1.54) is 11.6 Å². The van der Waals surface area contributed by atoms with Crippen LogP contribution in [0.15, 0.2) is 59.6 Å². The van der Waals surface area contributed by atoms with E-state index in [0.29, 0.717) is 11.4 Å². The number of hydrogen-bond acceptors (Lipinski definition) is 3. The van der Waals surface area contributed by atoms with Crippen molar-refractivity contribution in [3.05, 3.63) is 60.3 Å². The molecule has 4 nitrogen and oxygen atoms in total. The fraction of sp³-hybridized carbons (Fsp3) is 0.125. The minimum atomic E-state index is -3.18. The monoisotopic (exact) mass is 300 g/mol. The lowest BCUT2D eigenvalue weighted by molar-refractivity contribution is 0.602. The van der Waals surface area contributed by atoms with E-state index >= 15 is 0 Å². The van der Waals surface area contributed by atoms with Crippen molar-refractivity contribution >= 4 is 26.4 Å². The number of nitrogens with one attached hydrogen (secondary N) is 2. The second-order valence-corrected chi connectivity index (χ2v) is 7.03. The predicted octanol–water partition coefficient (Wildman–Crippen LogP) is 3.18. The Hall–Kier alpha value is -2.27. The highest BCUT2D eigenvalue weighted by Crippen LogP contribution is 2.20. The number of fused-ring (bicyclic) bond motifs is 1. The summed E-state index contributed by atoms with van der Waals surface area (Å²) < 4.78 is 23.1. The van der Waals surface area contributed by atoms with Crippen molar-refractivity contribution in [2.45, 2.75) is 11.4 Å². The maximum atomic E-state index is 11.6. The molecular weight excluding hydrogens is 284 g/mol. The molecule has 21 heavy (non-hydrogen) atoms. The van der Waals surface area contributed by atoms with Gasteiger partial charge in [-0.1, -0.05) is 24.3 Å².